The van der Waals surface area contributed by atoms with Crippen molar-refractivity contribution in [3.05, 3.63) is 0 Å². The van der Waals surface area contributed by atoms with Gasteiger partial charge in [0.15, 0.2) is 0 Å². The van der Waals surface area contributed by atoms with Crippen molar-refractivity contribution >= 4 is 5.91 Å². The van der Waals surface area contributed by atoms with Crippen LogP contribution in [0.3, 0.4) is 0 Å². The molecule has 2 fully saturated rings. The molecule has 1 aliphatic heterocycles. The highest BCUT2D eigenvalue weighted by molar-refractivity contribution is 5.79. The van der Waals surface area contributed by atoms with E-state index in [-0.39, 0.29) is 5.91 Å². The zero-order chi connectivity index (χ0) is 13.0. The van der Waals surface area contributed by atoms with Crippen molar-refractivity contribution in [1.82, 2.24) is 10.2 Å². The first-order valence-electron chi connectivity index (χ1n) is 7.25. The summed E-state index contributed by atoms with van der Waals surface area (Å²) < 4.78 is 4.97. The van der Waals surface area contributed by atoms with E-state index >= 15 is 0 Å². The number of rotatable bonds is 5. The summed E-state index contributed by atoms with van der Waals surface area (Å²) in [5, 5.41) is 3.16. The molecule has 0 spiro atoms. The van der Waals surface area contributed by atoms with Crippen LogP contribution in [0.5, 0.6) is 0 Å². The van der Waals surface area contributed by atoms with Crippen molar-refractivity contribution in [2.45, 2.75) is 51.1 Å². The van der Waals surface area contributed by atoms with E-state index in [1.165, 1.54) is 32.1 Å². The molecule has 1 saturated carbocycles. The van der Waals surface area contributed by atoms with Crippen LogP contribution in [0.1, 0.15) is 39.0 Å². The Morgan fingerprint density at radius 2 is 2.17 bits per heavy atom. The Morgan fingerprint density at radius 3 is 2.94 bits per heavy atom. The number of hydrogen-bond donors (Lipinski definition) is 1. The monoisotopic (exact) mass is 254 g/mol. The van der Waals surface area contributed by atoms with Crippen LogP contribution in [0, 0.1) is 5.92 Å². The van der Waals surface area contributed by atoms with Gasteiger partial charge in [-0.25, -0.2) is 0 Å². The zero-order valence-electron chi connectivity index (χ0n) is 11.7. The lowest BCUT2D eigenvalue weighted by Crippen LogP contribution is -2.46. The average molecular weight is 254 g/mol. The highest BCUT2D eigenvalue weighted by Crippen LogP contribution is 2.39. The van der Waals surface area contributed by atoms with Crippen LogP contribution >= 0.6 is 0 Å². The number of methoxy groups -OCH3 is 1. The maximum Gasteiger partial charge on any atom is 0.237 e. The molecule has 18 heavy (non-hydrogen) atoms. The molecular formula is C14H26N2O2. The number of likely N-dealkylation sites (tertiary alicyclic amines) is 1. The predicted molar refractivity (Wildman–Crippen MR) is 71.4 cm³/mol. The minimum Gasteiger partial charge on any atom is -0.383 e. The summed E-state index contributed by atoms with van der Waals surface area (Å²) in [4.78, 5) is 14.5. The first-order valence-corrected chi connectivity index (χ1v) is 7.25. The Kier molecular flexibility index (Phi) is 5.01. The molecular weight excluding hydrogens is 228 g/mol. The summed E-state index contributed by atoms with van der Waals surface area (Å²) in [7, 11) is 1.68. The first-order chi connectivity index (χ1) is 8.74. The molecule has 4 nitrogen and oxygen atoms in total. The molecule has 3 atom stereocenters. The molecule has 0 aromatic heterocycles. The van der Waals surface area contributed by atoms with Gasteiger partial charge < -0.3 is 15.0 Å². The molecule has 4 heteroatoms. The lowest BCUT2D eigenvalue weighted by atomic mass is 9.85. The molecule has 104 valence electrons. The lowest BCUT2D eigenvalue weighted by Gasteiger charge is -2.33. The van der Waals surface area contributed by atoms with Gasteiger partial charge in [0, 0.05) is 25.7 Å². The van der Waals surface area contributed by atoms with Gasteiger partial charge in [0.05, 0.1) is 13.2 Å². The van der Waals surface area contributed by atoms with Crippen molar-refractivity contribution in [1.29, 1.82) is 0 Å². The Labute approximate surface area is 110 Å². The molecule has 2 rings (SSSR count). The Bertz CT molecular complexity index is 283. The van der Waals surface area contributed by atoms with Gasteiger partial charge >= 0.3 is 0 Å². The molecule has 0 bridgehead atoms. The van der Waals surface area contributed by atoms with Crippen LogP contribution < -0.4 is 5.32 Å². The third-order valence-corrected chi connectivity index (χ3v) is 4.39. The number of carbonyl (C=O) groups is 1. The van der Waals surface area contributed by atoms with Gasteiger partial charge in [-0.05, 0) is 32.1 Å². The van der Waals surface area contributed by atoms with Crippen LogP contribution in [0.4, 0.5) is 0 Å². The Balaban J connectivity index is 1.84. The van der Waals surface area contributed by atoms with Crippen molar-refractivity contribution in [3.63, 3.8) is 0 Å². The second-order valence-corrected chi connectivity index (χ2v) is 5.67. The van der Waals surface area contributed by atoms with Crippen molar-refractivity contribution < 1.29 is 9.53 Å². The third-order valence-electron chi connectivity index (χ3n) is 4.39. The molecule has 1 heterocycles. The van der Waals surface area contributed by atoms with Gasteiger partial charge in [0.2, 0.25) is 5.91 Å². The largest absolute Gasteiger partial charge is 0.383 e. The fourth-order valence-corrected chi connectivity index (χ4v) is 3.60. The zero-order valence-corrected chi connectivity index (χ0v) is 11.7. The first kappa shape index (κ1) is 13.8. The molecule has 0 radical (unpaired) electrons. The van der Waals surface area contributed by atoms with Crippen LogP contribution in [-0.4, -0.2) is 49.7 Å². The van der Waals surface area contributed by atoms with E-state index in [0.29, 0.717) is 25.2 Å². The number of amides is 1. The fraction of sp³-hybridized carbons (Fsp3) is 0.929. The quantitative estimate of drug-likeness (QED) is 0.754. The molecule has 2 aliphatic rings. The molecule has 0 aromatic rings. The fourth-order valence-electron chi connectivity index (χ4n) is 3.60. The summed E-state index contributed by atoms with van der Waals surface area (Å²) >= 11 is 0. The second-order valence-electron chi connectivity index (χ2n) is 5.67. The summed E-state index contributed by atoms with van der Waals surface area (Å²) in [6.45, 7) is 4.07. The van der Waals surface area contributed by atoms with Crippen molar-refractivity contribution in [3.8, 4) is 0 Å². The third kappa shape index (κ3) is 3.04. The molecule has 0 aromatic carbocycles. The van der Waals surface area contributed by atoms with Gasteiger partial charge in [-0.15, -0.1) is 0 Å². The maximum atomic E-state index is 12.3. The average Bonchev–Trinajstić information content (AvgIpc) is 2.70. The van der Waals surface area contributed by atoms with Gasteiger partial charge in [-0.2, -0.15) is 0 Å². The number of nitrogens with one attached hydrogen (secondary N) is 1. The maximum absolute atomic E-state index is 12.3. The van der Waals surface area contributed by atoms with E-state index in [9.17, 15) is 4.79 Å². The number of carbonyl (C=O) groups excluding carboxylic acids is 1. The highest BCUT2D eigenvalue weighted by Gasteiger charge is 2.41. The minimum absolute atomic E-state index is 0.271. The van der Waals surface area contributed by atoms with Crippen molar-refractivity contribution in [2.75, 3.05) is 26.8 Å². The minimum atomic E-state index is 0.271. The standard InChI is InChI=1S/C14H26N2O2/c1-11-9-12-5-3-4-6-13(12)16(11)14(17)10-15-7-8-18-2/h11-13,15H,3-10H2,1-2H3. The predicted octanol–water partition coefficient (Wildman–Crippen LogP) is 1.40. The van der Waals surface area contributed by atoms with E-state index in [1.54, 1.807) is 7.11 Å². The molecule has 3 unspecified atom stereocenters. The summed E-state index contributed by atoms with van der Waals surface area (Å²) in [6.07, 6.45) is 6.36. The van der Waals surface area contributed by atoms with Crippen LogP contribution in [0.25, 0.3) is 0 Å². The Morgan fingerprint density at radius 1 is 1.39 bits per heavy atom. The lowest BCUT2D eigenvalue weighted by molar-refractivity contribution is -0.133. The second kappa shape index (κ2) is 6.53. The Hall–Kier alpha value is -0.610. The molecule has 1 amide bonds. The number of nitrogens with zero attached hydrogens (tertiary/aromatic N) is 1. The molecule has 1 N–H and O–H groups in total. The van der Waals surface area contributed by atoms with Crippen LogP contribution in [-0.2, 0) is 9.53 Å². The topological polar surface area (TPSA) is 41.6 Å². The van der Waals surface area contributed by atoms with E-state index in [2.05, 4.69) is 17.1 Å². The van der Waals surface area contributed by atoms with Crippen LogP contribution in [0.15, 0.2) is 0 Å². The molecule has 1 saturated heterocycles. The summed E-state index contributed by atoms with van der Waals surface area (Å²) in [5.74, 6) is 1.03. The van der Waals surface area contributed by atoms with Gasteiger partial charge in [0.25, 0.3) is 0 Å². The van der Waals surface area contributed by atoms with Crippen molar-refractivity contribution in [2.24, 2.45) is 5.92 Å². The number of ether oxygens (including phenoxy) is 1. The van der Waals surface area contributed by atoms with Gasteiger partial charge in [-0.3, -0.25) is 4.79 Å². The number of hydrogen-bond acceptors (Lipinski definition) is 3. The van der Waals surface area contributed by atoms with Crippen LogP contribution in [0.2, 0.25) is 0 Å². The highest BCUT2D eigenvalue weighted by atomic mass is 16.5. The van der Waals surface area contributed by atoms with E-state index in [1.807, 2.05) is 0 Å². The SMILES string of the molecule is COCCNCC(=O)N1C(C)CC2CCCCC21. The number of fused-ring (bicyclic) bond motifs is 1. The summed E-state index contributed by atoms with van der Waals surface area (Å²) in [6, 6.07) is 0.945. The van der Waals surface area contributed by atoms with E-state index in [4.69, 9.17) is 4.74 Å². The van der Waals surface area contributed by atoms with E-state index < -0.39 is 0 Å². The van der Waals surface area contributed by atoms with E-state index in [0.717, 1.165) is 12.5 Å². The molecule has 1 aliphatic carbocycles. The van der Waals surface area contributed by atoms with Gasteiger partial charge in [-0.1, -0.05) is 12.8 Å². The smallest absolute Gasteiger partial charge is 0.237 e. The van der Waals surface area contributed by atoms with Gasteiger partial charge in [0.1, 0.15) is 0 Å². The normalized spacial score (nSPS) is 31.4. The summed E-state index contributed by atoms with van der Waals surface area (Å²) in [5.41, 5.74) is 0.